The smallest absolute Gasteiger partial charge is 0.342 e. The Morgan fingerprint density at radius 2 is 1.44 bits per heavy atom. The van der Waals surface area contributed by atoms with Crippen molar-refractivity contribution in [2.24, 2.45) is 0 Å². The van der Waals surface area contributed by atoms with Gasteiger partial charge in [0.1, 0.15) is 30.3 Å². The van der Waals surface area contributed by atoms with Crippen molar-refractivity contribution in [2.45, 2.75) is 6.92 Å². The standard InChI is InChI=1S/C19H22O6/c1-13-5-7-14(8-6-13)24-9-10-25-19(20)15-11-17(22-3)18(23-4)12-16(15)21-2/h5-8,11-12H,9-10H2,1-4H3. The Morgan fingerprint density at radius 1 is 0.840 bits per heavy atom. The zero-order chi connectivity index (χ0) is 18.2. The maximum absolute atomic E-state index is 12.3. The van der Waals surface area contributed by atoms with E-state index in [9.17, 15) is 4.79 Å². The highest BCUT2D eigenvalue weighted by molar-refractivity contribution is 5.93. The number of carbonyl (C=O) groups excluding carboxylic acids is 1. The van der Waals surface area contributed by atoms with Crippen molar-refractivity contribution in [3.05, 3.63) is 47.5 Å². The number of hydrogen-bond donors (Lipinski definition) is 0. The Hall–Kier alpha value is -2.89. The average Bonchev–Trinajstić information content (AvgIpc) is 2.65. The van der Waals surface area contributed by atoms with Crippen LogP contribution in [0.2, 0.25) is 0 Å². The van der Waals surface area contributed by atoms with Crippen LogP contribution in [0.25, 0.3) is 0 Å². The van der Waals surface area contributed by atoms with Gasteiger partial charge in [0.25, 0.3) is 0 Å². The number of methoxy groups -OCH3 is 3. The van der Waals surface area contributed by atoms with Crippen LogP contribution in [0.5, 0.6) is 23.0 Å². The normalized spacial score (nSPS) is 10.1. The first-order valence-electron chi connectivity index (χ1n) is 7.75. The molecule has 0 aliphatic rings. The zero-order valence-corrected chi connectivity index (χ0v) is 14.8. The molecule has 0 saturated heterocycles. The summed E-state index contributed by atoms with van der Waals surface area (Å²) in [6.45, 7) is 2.37. The summed E-state index contributed by atoms with van der Waals surface area (Å²) in [6, 6.07) is 10.8. The third kappa shape index (κ3) is 4.79. The fourth-order valence-electron chi connectivity index (χ4n) is 2.19. The van der Waals surface area contributed by atoms with Crippen LogP contribution in [0.4, 0.5) is 0 Å². The van der Waals surface area contributed by atoms with Crippen LogP contribution in [-0.4, -0.2) is 40.5 Å². The van der Waals surface area contributed by atoms with Gasteiger partial charge < -0.3 is 23.7 Å². The molecule has 0 unspecified atom stereocenters. The van der Waals surface area contributed by atoms with Crippen LogP contribution in [0.1, 0.15) is 15.9 Å². The van der Waals surface area contributed by atoms with Crippen LogP contribution in [0.3, 0.4) is 0 Å². The molecule has 0 spiro atoms. The maximum Gasteiger partial charge on any atom is 0.342 e. The van der Waals surface area contributed by atoms with E-state index in [-0.39, 0.29) is 18.8 Å². The molecule has 2 aromatic carbocycles. The van der Waals surface area contributed by atoms with E-state index in [2.05, 4.69) is 0 Å². The lowest BCUT2D eigenvalue weighted by molar-refractivity contribution is 0.0446. The Kier molecular flexibility index (Phi) is 6.51. The minimum Gasteiger partial charge on any atom is -0.496 e. The van der Waals surface area contributed by atoms with Crippen molar-refractivity contribution < 1.29 is 28.5 Å². The van der Waals surface area contributed by atoms with Gasteiger partial charge in [-0.3, -0.25) is 0 Å². The molecule has 0 fully saturated rings. The summed E-state index contributed by atoms with van der Waals surface area (Å²) < 4.78 is 26.4. The van der Waals surface area contributed by atoms with Gasteiger partial charge in [-0.25, -0.2) is 4.79 Å². The van der Waals surface area contributed by atoms with Crippen molar-refractivity contribution >= 4 is 5.97 Å². The van der Waals surface area contributed by atoms with Gasteiger partial charge in [0.15, 0.2) is 11.5 Å². The van der Waals surface area contributed by atoms with E-state index in [1.807, 2.05) is 31.2 Å². The molecule has 25 heavy (non-hydrogen) atoms. The fraction of sp³-hybridized carbons (Fsp3) is 0.316. The highest BCUT2D eigenvalue weighted by Crippen LogP contribution is 2.34. The summed E-state index contributed by atoms with van der Waals surface area (Å²) >= 11 is 0. The SMILES string of the molecule is COc1cc(OC)c(C(=O)OCCOc2ccc(C)cc2)cc1OC. The van der Waals surface area contributed by atoms with E-state index < -0.39 is 5.97 Å². The van der Waals surface area contributed by atoms with Crippen molar-refractivity contribution in [2.75, 3.05) is 34.5 Å². The molecule has 134 valence electrons. The highest BCUT2D eigenvalue weighted by atomic mass is 16.6. The lowest BCUT2D eigenvalue weighted by Gasteiger charge is -2.13. The number of benzene rings is 2. The van der Waals surface area contributed by atoms with Gasteiger partial charge in [-0.2, -0.15) is 0 Å². The quantitative estimate of drug-likeness (QED) is 0.540. The first kappa shape index (κ1) is 18.4. The molecule has 0 atom stereocenters. The summed E-state index contributed by atoms with van der Waals surface area (Å²) in [4.78, 5) is 12.3. The Bertz CT molecular complexity index is 709. The lowest BCUT2D eigenvalue weighted by Crippen LogP contribution is -2.13. The molecule has 6 nitrogen and oxygen atoms in total. The third-order valence-electron chi connectivity index (χ3n) is 3.53. The summed E-state index contributed by atoms with van der Waals surface area (Å²) in [6.07, 6.45) is 0. The molecular formula is C19H22O6. The Morgan fingerprint density at radius 3 is 2.04 bits per heavy atom. The summed E-state index contributed by atoms with van der Waals surface area (Å²) in [7, 11) is 4.48. The molecule has 0 N–H and O–H groups in total. The van der Waals surface area contributed by atoms with Crippen molar-refractivity contribution in [3.63, 3.8) is 0 Å². The first-order chi connectivity index (χ1) is 12.1. The first-order valence-corrected chi connectivity index (χ1v) is 7.75. The largest absolute Gasteiger partial charge is 0.496 e. The molecule has 0 amide bonds. The molecule has 0 heterocycles. The Balaban J connectivity index is 1.96. The highest BCUT2D eigenvalue weighted by Gasteiger charge is 2.18. The number of hydrogen-bond acceptors (Lipinski definition) is 6. The second kappa shape index (κ2) is 8.82. The maximum atomic E-state index is 12.3. The molecular weight excluding hydrogens is 324 g/mol. The van der Waals surface area contributed by atoms with E-state index in [1.165, 1.54) is 27.4 Å². The molecule has 0 bridgehead atoms. The van der Waals surface area contributed by atoms with Crippen LogP contribution < -0.4 is 18.9 Å². The predicted molar refractivity (Wildman–Crippen MR) is 93.1 cm³/mol. The van der Waals surface area contributed by atoms with Gasteiger partial charge in [-0.05, 0) is 19.1 Å². The topological polar surface area (TPSA) is 63.2 Å². The number of aryl methyl sites for hydroxylation is 1. The van der Waals surface area contributed by atoms with Gasteiger partial charge >= 0.3 is 5.97 Å². The van der Waals surface area contributed by atoms with Crippen LogP contribution >= 0.6 is 0 Å². The van der Waals surface area contributed by atoms with E-state index in [0.29, 0.717) is 17.2 Å². The van der Waals surface area contributed by atoms with Crippen LogP contribution in [0.15, 0.2) is 36.4 Å². The molecule has 0 radical (unpaired) electrons. The van der Waals surface area contributed by atoms with E-state index in [1.54, 1.807) is 6.07 Å². The summed E-state index contributed by atoms with van der Waals surface area (Å²) in [5.74, 6) is 1.45. The van der Waals surface area contributed by atoms with Crippen LogP contribution in [-0.2, 0) is 4.74 Å². The molecule has 0 aliphatic carbocycles. The van der Waals surface area contributed by atoms with Gasteiger partial charge in [0.2, 0.25) is 0 Å². The van der Waals surface area contributed by atoms with Crippen molar-refractivity contribution in [1.82, 2.24) is 0 Å². The van der Waals surface area contributed by atoms with Gasteiger partial charge in [0, 0.05) is 12.1 Å². The van der Waals surface area contributed by atoms with Crippen molar-refractivity contribution in [3.8, 4) is 23.0 Å². The summed E-state index contributed by atoms with van der Waals surface area (Å²) in [5.41, 5.74) is 1.41. The number of rotatable bonds is 8. The number of carbonyl (C=O) groups is 1. The average molecular weight is 346 g/mol. The third-order valence-corrected chi connectivity index (χ3v) is 3.53. The van der Waals surface area contributed by atoms with E-state index in [0.717, 1.165) is 11.3 Å². The van der Waals surface area contributed by atoms with Crippen molar-refractivity contribution in [1.29, 1.82) is 0 Å². The molecule has 0 saturated carbocycles. The molecule has 2 rings (SSSR count). The van der Waals surface area contributed by atoms with Gasteiger partial charge in [-0.1, -0.05) is 17.7 Å². The van der Waals surface area contributed by atoms with Gasteiger partial charge in [0.05, 0.1) is 21.3 Å². The molecule has 6 heteroatoms. The van der Waals surface area contributed by atoms with E-state index >= 15 is 0 Å². The second-order valence-corrected chi connectivity index (χ2v) is 5.20. The van der Waals surface area contributed by atoms with E-state index in [4.69, 9.17) is 23.7 Å². The fourth-order valence-corrected chi connectivity index (χ4v) is 2.19. The van der Waals surface area contributed by atoms with Crippen LogP contribution in [0, 0.1) is 6.92 Å². The predicted octanol–water partition coefficient (Wildman–Crippen LogP) is 3.26. The van der Waals surface area contributed by atoms with Gasteiger partial charge in [-0.15, -0.1) is 0 Å². The number of ether oxygens (including phenoxy) is 5. The Labute approximate surface area is 147 Å². The number of esters is 1. The monoisotopic (exact) mass is 346 g/mol. The minimum atomic E-state index is -0.523. The molecule has 0 aliphatic heterocycles. The lowest BCUT2D eigenvalue weighted by atomic mass is 10.1. The molecule has 0 aromatic heterocycles. The second-order valence-electron chi connectivity index (χ2n) is 5.20. The zero-order valence-electron chi connectivity index (χ0n) is 14.8. The molecule has 2 aromatic rings. The summed E-state index contributed by atoms with van der Waals surface area (Å²) in [5, 5.41) is 0. The minimum absolute atomic E-state index is 0.115.